The molecule has 0 aliphatic carbocycles. The predicted octanol–water partition coefficient (Wildman–Crippen LogP) is 1.59. The van der Waals surface area contributed by atoms with Crippen molar-refractivity contribution in [3.05, 3.63) is 0 Å². The van der Waals surface area contributed by atoms with Crippen molar-refractivity contribution < 1.29 is 9.90 Å². The van der Waals surface area contributed by atoms with Crippen LogP contribution in [0.4, 0.5) is 4.79 Å². The maximum absolute atomic E-state index is 11.7. The molecule has 2 unspecified atom stereocenters. The SMILES string of the molecule is CC(NC(=O)NCC1(O)CCSC1)C(C)(C)C. The van der Waals surface area contributed by atoms with E-state index < -0.39 is 5.60 Å². The second-order valence-electron chi connectivity index (χ2n) is 5.94. The van der Waals surface area contributed by atoms with Crippen molar-refractivity contribution in [1.82, 2.24) is 10.6 Å². The van der Waals surface area contributed by atoms with E-state index in [0.717, 1.165) is 12.2 Å². The van der Waals surface area contributed by atoms with Crippen molar-refractivity contribution >= 4 is 17.8 Å². The third-order valence-corrected chi connectivity index (χ3v) is 4.54. The Morgan fingerprint density at radius 2 is 2.18 bits per heavy atom. The topological polar surface area (TPSA) is 61.4 Å². The molecule has 2 atom stereocenters. The summed E-state index contributed by atoms with van der Waals surface area (Å²) in [6.07, 6.45) is 0.757. The lowest BCUT2D eigenvalue weighted by Gasteiger charge is -2.29. The van der Waals surface area contributed by atoms with Crippen LogP contribution in [0.2, 0.25) is 0 Å². The highest BCUT2D eigenvalue weighted by molar-refractivity contribution is 7.99. The Balaban J connectivity index is 2.30. The van der Waals surface area contributed by atoms with Crippen molar-refractivity contribution in [3.8, 4) is 0 Å². The summed E-state index contributed by atoms with van der Waals surface area (Å²) in [7, 11) is 0. The third-order valence-electron chi connectivity index (χ3n) is 3.31. The Kier molecular flexibility index (Phi) is 4.72. The second-order valence-corrected chi connectivity index (χ2v) is 7.05. The van der Waals surface area contributed by atoms with Crippen LogP contribution in [0, 0.1) is 5.41 Å². The lowest BCUT2D eigenvalue weighted by Crippen LogP contribution is -2.50. The first-order valence-corrected chi connectivity index (χ1v) is 7.23. The average molecular weight is 260 g/mol. The Morgan fingerprint density at radius 3 is 2.65 bits per heavy atom. The molecule has 1 aliphatic rings. The van der Waals surface area contributed by atoms with Gasteiger partial charge in [-0.2, -0.15) is 11.8 Å². The van der Waals surface area contributed by atoms with Crippen molar-refractivity contribution in [2.75, 3.05) is 18.1 Å². The quantitative estimate of drug-likeness (QED) is 0.722. The maximum Gasteiger partial charge on any atom is 0.315 e. The molecule has 3 N–H and O–H groups in total. The molecule has 0 spiro atoms. The van der Waals surface area contributed by atoms with Crippen LogP contribution in [0.15, 0.2) is 0 Å². The molecule has 1 rings (SSSR count). The van der Waals surface area contributed by atoms with E-state index in [-0.39, 0.29) is 17.5 Å². The largest absolute Gasteiger partial charge is 0.387 e. The van der Waals surface area contributed by atoms with Crippen LogP contribution in [0.3, 0.4) is 0 Å². The molecule has 0 aromatic heterocycles. The molecule has 0 aromatic rings. The Hall–Kier alpha value is -0.420. The Morgan fingerprint density at radius 1 is 1.53 bits per heavy atom. The first-order valence-electron chi connectivity index (χ1n) is 6.07. The molecule has 1 saturated heterocycles. The fraction of sp³-hybridized carbons (Fsp3) is 0.917. The molecule has 0 radical (unpaired) electrons. The van der Waals surface area contributed by atoms with Gasteiger partial charge in [-0.1, -0.05) is 20.8 Å². The molecular weight excluding hydrogens is 236 g/mol. The number of hydrogen-bond acceptors (Lipinski definition) is 3. The van der Waals surface area contributed by atoms with Gasteiger partial charge in [0, 0.05) is 18.3 Å². The predicted molar refractivity (Wildman–Crippen MR) is 72.3 cm³/mol. The van der Waals surface area contributed by atoms with Gasteiger partial charge in [0.25, 0.3) is 0 Å². The molecule has 5 heteroatoms. The number of thioether (sulfide) groups is 1. The molecule has 1 fully saturated rings. The van der Waals surface area contributed by atoms with Gasteiger partial charge in [0.05, 0.1) is 5.60 Å². The molecule has 100 valence electrons. The van der Waals surface area contributed by atoms with Gasteiger partial charge in [-0.3, -0.25) is 0 Å². The normalized spacial score (nSPS) is 26.6. The lowest BCUT2D eigenvalue weighted by molar-refractivity contribution is 0.0696. The summed E-state index contributed by atoms with van der Waals surface area (Å²) in [5, 5.41) is 15.7. The van der Waals surface area contributed by atoms with E-state index in [9.17, 15) is 9.90 Å². The number of carbonyl (C=O) groups is 1. The molecule has 4 nitrogen and oxygen atoms in total. The van der Waals surface area contributed by atoms with Crippen LogP contribution >= 0.6 is 11.8 Å². The van der Waals surface area contributed by atoms with Gasteiger partial charge < -0.3 is 15.7 Å². The fourth-order valence-electron chi connectivity index (χ4n) is 1.44. The minimum absolute atomic E-state index is 0.0391. The fourth-order valence-corrected chi connectivity index (χ4v) is 2.74. The number of hydrogen-bond donors (Lipinski definition) is 3. The minimum Gasteiger partial charge on any atom is -0.387 e. The van der Waals surface area contributed by atoms with Crippen molar-refractivity contribution in [2.45, 2.75) is 45.8 Å². The highest BCUT2D eigenvalue weighted by Gasteiger charge is 2.32. The van der Waals surface area contributed by atoms with Crippen LogP contribution < -0.4 is 10.6 Å². The van der Waals surface area contributed by atoms with Gasteiger partial charge in [0.1, 0.15) is 0 Å². The van der Waals surface area contributed by atoms with Crippen molar-refractivity contribution in [1.29, 1.82) is 0 Å². The standard InChI is InChI=1S/C12H24N2O2S/c1-9(11(2,3)4)14-10(15)13-7-12(16)5-6-17-8-12/h9,16H,5-8H2,1-4H3,(H2,13,14,15). The molecule has 1 aliphatic heterocycles. The molecule has 0 aromatic carbocycles. The highest BCUT2D eigenvalue weighted by Crippen LogP contribution is 2.26. The van der Waals surface area contributed by atoms with Crippen LogP contribution in [-0.4, -0.2) is 40.8 Å². The summed E-state index contributed by atoms with van der Waals surface area (Å²) >= 11 is 1.73. The summed E-state index contributed by atoms with van der Waals surface area (Å²) in [5.74, 6) is 1.68. The monoisotopic (exact) mass is 260 g/mol. The number of nitrogens with one attached hydrogen (secondary N) is 2. The third kappa shape index (κ3) is 4.76. The zero-order valence-corrected chi connectivity index (χ0v) is 12.0. The van der Waals surface area contributed by atoms with Gasteiger partial charge >= 0.3 is 6.03 Å². The van der Waals surface area contributed by atoms with Gasteiger partial charge in [-0.15, -0.1) is 0 Å². The number of urea groups is 1. The molecular formula is C12H24N2O2S. The van der Waals surface area contributed by atoms with E-state index in [1.165, 1.54) is 0 Å². The van der Waals surface area contributed by atoms with Crippen LogP contribution in [0.25, 0.3) is 0 Å². The summed E-state index contributed by atoms with van der Waals surface area (Å²) in [6, 6.07) is -0.104. The minimum atomic E-state index is -0.715. The van der Waals surface area contributed by atoms with Crippen LogP contribution in [-0.2, 0) is 0 Å². The summed E-state index contributed by atoms with van der Waals surface area (Å²) in [4.78, 5) is 11.7. The molecule has 0 bridgehead atoms. The second kappa shape index (κ2) is 5.48. The van der Waals surface area contributed by atoms with E-state index >= 15 is 0 Å². The summed E-state index contributed by atoms with van der Waals surface area (Å²) < 4.78 is 0. The van der Waals surface area contributed by atoms with E-state index in [0.29, 0.717) is 12.3 Å². The van der Waals surface area contributed by atoms with Gasteiger partial charge in [0.15, 0.2) is 0 Å². The van der Waals surface area contributed by atoms with Crippen molar-refractivity contribution in [3.63, 3.8) is 0 Å². The van der Waals surface area contributed by atoms with Crippen LogP contribution in [0.1, 0.15) is 34.1 Å². The maximum atomic E-state index is 11.7. The Labute approximate surface area is 108 Å². The Bertz CT molecular complexity index is 270. The number of aliphatic hydroxyl groups is 1. The smallest absolute Gasteiger partial charge is 0.315 e. The zero-order valence-electron chi connectivity index (χ0n) is 11.2. The van der Waals surface area contributed by atoms with Crippen molar-refractivity contribution in [2.24, 2.45) is 5.41 Å². The summed E-state index contributed by atoms with van der Waals surface area (Å²) in [6.45, 7) is 8.57. The van der Waals surface area contributed by atoms with E-state index in [2.05, 4.69) is 31.4 Å². The average Bonchev–Trinajstić information content (AvgIpc) is 2.61. The molecule has 1 heterocycles. The van der Waals surface area contributed by atoms with Gasteiger partial charge in [0.2, 0.25) is 0 Å². The van der Waals surface area contributed by atoms with Gasteiger partial charge in [-0.25, -0.2) is 4.79 Å². The first kappa shape index (κ1) is 14.6. The zero-order chi connectivity index (χ0) is 13.1. The first-order chi connectivity index (χ1) is 7.73. The van der Waals surface area contributed by atoms with E-state index in [1.807, 2.05) is 6.92 Å². The molecule has 0 saturated carbocycles. The highest BCUT2D eigenvalue weighted by atomic mass is 32.2. The molecule has 2 amide bonds. The number of amides is 2. The molecule has 17 heavy (non-hydrogen) atoms. The number of rotatable bonds is 3. The van der Waals surface area contributed by atoms with Crippen LogP contribution in [0.5, 0.6) is 0 Å². The van der Waals surface area contributed by atoms with E-state index in [1.54, 1.807) is 11.8 Å². The van der Waals surface area contributed by atoms with Gasteiger partial charge in [-0.05, 0) is 24.5 Å². The lowest BCUT2D eigenvalue weighted by atomic mass is 9.88. The van der Waals surface area contributed by atoms with E-state index in [4.69, 9.17) is 0 Å². The number of carbonyl (C=O) groups excluding carboxylic acids is 1. The summed E-state index contributed by atoms with van der Waals surface area (Å²) in [5.41, 5.74) is -0.676.